The molecule has 0 aliphatic heterocycles. The molecule has 22 heavy (non-hydrogen) atoms. The van der Waals surface area contributed by atoms with E-state index >= 15 is 0 Å². The molecular formula is C16H17N3OS2. The summed E-state index contributed by atoms with van der Waals surface area (Å²) in [6, 6.07) is 6.21. The van der Waals surface area contributed by atoms with Gasteiger partial charge in [-0.05, 0) is 19.9 Å². The van der Waals surface area contributed by atoms with Crippen LogP contribution in [0.4, 0.5) is 5.13 Å². The minimum absolute atomic E-state index is 0.586. The van der Waals surface area contributed by atoms with Gasteiger partial charge in [0.05, 0.1) is 28.4 Å². The van der Waals surface area contributed by atoms with Gasteiger partial charge in [0.25, 0.3) is 0 Å². The number of ether oxygens (including phenoxy) is 1. The van der Waals surface area contributed by atoms with Crippen LogP contribution in [0, 0.1) is 13.8 Å². The Morgan fingerprint density at radius 2 is 2.05 bits per heavy atom. The van der Waals surface area contributed by atoms with Crippen molar-refractivity contribution >= 4 is 27.8 Å². The molecule has 2 heterocycles. The molecule has 4 nitrogen and oxygen atoms in total. The van der Waals surface area contributed by atoms with E-state index in [1.807, 2.05) is 13.0 Å². The predicted octanol–water partition coefficient (Wildman–Crippen LogP) is 4.07. The van der Waals surface area contributed by atoms with Gasteiger partial charge >= 0.3 is 0 Å². The molecule has 2 aromatic heterocycles. The lowest BCUT2D eigenvalue weighted by Gasteiger charge is -2.07. The van der Waals surface area contributed by atoms with Crippen LogP contribution in [0.15, 0.2) is 23.6 Å². The molecule has 0 fully saturated rings. The number of rotatable bonds is 4. The lowest BCUT2D eigenvalue weighted by atomic mass is 10.1. The van der Waals surface area contributed by atoms with E-state index in [1.54, 1.807) is 18.4 Å². The van der Waals surface area contributed by atoms with Crippen molar-refractivity contribution in [3.8, 4) is 16.3 Å². The van der Waals surface area contributed by atoms with Gasteiger partial charge in [-0.2, -0.15) is 0 Å². The number of aromatic nitrogens is 2. The van der Waals surface area contributed by atoms with Crippen LogP contribution < -0.4 is 10.5 Å². The van der Waals surface area contributed by atoms with Crippen LogP contribution in [0.1, 0.15) is 21.8 Å². The fraction of sp³-hybridized carbons (Fsp3) is 0.250. The van der Waals surface area contributed by atoms with Gasteiger partial charge in [-0.1, -0.05) is 29.0 Å². The van der Waals surface area contributed by atoms with Gasteiger partial charge in [0.15, 0.2) is 5.13 Å². The Hall–Kier alpha value is -1.92. The number of methoxy groups -OCH3 is 1. The number of hydrogen-bond donors (Lipinski definition) is 1. The van der Waals surface area contributed by atoms with Crippen molar-refractivity contribution in [1.82, 2.24) is 9.97 Å². The number of aryl methyl sites for hydroxylation is 2. The summed E-state index contributed by atoms with van der Waals surface area (Å²) in [5.41, 5.74) is 10.0. The standard InChI is InChI=1S/C16H17N3OS2/c1-9-4-5-13(20-3)11(6-9)7-14-19-12(8-21-14)15-10(2)18-16(17)22-15/h4-6,8H,7H2,1-3H3,(H2,17,18). The van der Waals surface area contributed by atoms with E-state index in [2.05, 4.69) is 29.4 Å². The average Bonchev–Trinajstić information content (AvgIpc) is 3.05. The van der Waals surface area contributed by atoms with E-state index in [0.717, 1.165) is 39.0 Å². The molecule has 0 saturated heterocycles. The minimum atomic E-state index is 0.586. The quantitative estimate of drug-likeness (QED) is 0.783. The van der Waals surface area contributed by atoms with Crippen LogP contribution in [-0.2, 0) is 6.42 Å². The Morgan fingerprint density at radius 3 is 2.73 bits per heavy atom. The van der Waals surface area contributed by atoms with Crippen molar-refractivity contribution in [1.29, 1.82) is 0 Å². The maximum atomic E-state index is 5.77. The Labute approximate surface area is 137 Å². The highest BCUT2D eigenvalue weighted by atomic mass is 32.1. The summed E-state index contributed by atoms with van der Waals surface area (Å²) in [7, 11) is 1.70. The third-order valence-electron chi connectivity index (χ3n) is 3.38. The zero-order valence-electron chi connectivity index (χ0n) is 12.7. The van der Waals surface area contributed by atoms with E-state index in [0.29, 0.717) is 5.13 Å². The highest BCUT2D eigenvalue weighted by Gasteiger charge is 2.13. The lowest BCUT2D eigenvalue weighted by molar-refractivity contribution is 0.410. The topological polar surface area (TPSA) is 61.0 Å². The summed E-state index contributed by atoms with van der Waals surface area (Å²) in [6.07, 6.45) is 0.767. The SMILES string of the molecule is COc1ccc(C)cc1Cc1nc(-c2sc(N)nc2C)cs1. The number of anilines is 1. The fourth-order valence-corrected chi connectivity index (χ4v) is 4.04. The first-order chi connectivity index (χ1) is 10.6. The molecule has 2 N–H and O–H groups in total. The normalized spacial score (nSPS) is 10.9. The number of nitrogens with two attached hydrogens (primary N) is 1. The van der Waals surface area contributed by atoms with Crippen LogP contribution in [0.2, 0.25) is 0 Å². The van der Waals surface area contributed by atoms with Crippen molar-refractivity contribution in [2.24, 2.45) is 0 Å². The molecule has 0 unspecified atom stereocenters. The molecule has 0 radical (unpaired) electrons. The summed E-state index contributed by atoms with van der Waals surface area (Å²) >= 11 is 3.14. The van der Waals surface area contributed by atoms with Crippen LogP contribution >= 0.6 is 22.7 Å². The summed E-state index contributed by atoms with van der Waals surface area (Å²) in [4.78, 5) is 10.0. The van der Waals surface area contributed by atoms with Gasteiger partial charge in [-0.15, -0.1) is 11.3 Å². The van der Waals surface area contributed by atoms with Crippen LogP contribution in [0.5, 0.6) is 5.75 Å². The highest BCUT2D eigenvalue weighted by molar-refractivity contribution is 7.19. The van der Waals surface area contributed by atoms with Crippen molar-refractivity contribution in [2.75, 3.05) is 12.8 Å². The number of hydrogen-bond acceptors (Lipinski definition) is 6. The van der Waals surface area contributed by atoms with E-state index in [-0.39, 0.29) is 0 Å². The third-order valence-corrected chi connectivity index (χ3v) is 5.23. The molecule has 3 rings (SSSR count). The molecule has 0 bridgehead atoms. The lowest BCUT2D eigenvalue weighted by Crippen LogP contribution is -1.94. The van der Waals surface area contributed by atoms with Gasteiger partial charge in [0.2, 0.25) is 0 Å². The number of nitrogens with zero attached hydrogens (tertiary/aromatic N) is 2. The van der Waals surface area contributed by atoms with Gasteiger partial charge in [0, 0.05) is 17.4 Å². The second-order valence-corrected chi connectivity index (χ2v) is 7.06. The molecule has 6 heteroatoms. The average molecular weight is 331 g/mol. The number of benzene rings is 1. The second kappa shape index (κ2) is 6.06. The van der Waals surface area contributed by atoms with Gasteiger partial charge < -0.3 is 10.5 Å². The van der Waals surface area contributed by atoms with Crippen molar-refractivity contribution in [3.63, 3.8) is 0 Å². The predicted molar refractivity (Wildman–Crippen MR) is 92.9 cm³/mol. The highest BCUT2D eigenvalue weighted by Crippen LogP contribution is 2.33. The van der Waals surface area contributed by atoms with Gasteiger partial charge in [-0.3, -0.25) is 0 Å². The summed E-state index contributed by atoms with van der Waals surface area (Å²) in [5.74, 6) is 0.903. The first-order valence-electron chi connectivity index (χ1n) is 6.88. The minimum Gasteiger partial charge on any atom is -0.496 e. The van der Waals surface area contributed by atoms with Crippen molar-refractivity contribution in [2.45, 2.75) is 20.3 Å². The number of nitrogen functional groups attached to an aromatic ring is 1. The van der Waals surface area contributed by atoms with Crippen LogP contribution in [0.25, 0.3) is 10.6 Å². The van der Waals surface area contributed by atoms with Gasteiger partial charge in [-0.25, -0.2) is 9.97 Å². The van der Waals surface area contributed by atoms with Crippen LogP contribution in [-0.4, -0.2) is 17.1 Å². The van der Waals surface area contributed by atoms with Crippen molar-refractivity contribution in [3.05, 3.63) is 45.4 Å². The molecule has 1 aromatic carbocycles. The smallest absolute Gasteiger partial charge is 0.180 e. The molecule has 0 spiro atoms. The summed E-state index contributed by atoms with van der Waals surface area (Å²) < 4.78 is 5.44. The summed E-state index contributed by atoms with van der Waals surface area (Å²) in [6.45, 7) is 4.05. The monoisotopic (exact) mass is 331 g/mol. The Morgan fingerprint density at radius 1 is 1.23 bits per heavy atom. The van der Waals surface area contributed by atoms with E-state index < -0.39 is 0 Å². The molecule has 0 aliphatic rings. The maximum Gasteiger partial charge on any atom is 0.180 e. The molecule has 3 aromatic rings. The molecule has 114 valence electrons. The van der Waals surface area contributed by atoms with E-state index in [9.17, 15) is 0 Å². The molecular weight excluding hydrogens is 314 g/mol. The van der Waals surface area contributed by atoms with E-state index in [4.69, 9.17) is 15.5 Å². The maximum absolute atomic E-state index is 5.77. The Bertz CT molecular complexity index is 808. The third kappa shape index (κ3) is 2.98. The van der Waals surface area contributed by atoms with Crippen LogP contribution in [0.3, 0.4) is 0 Å². The zero-order chi connectivity index (χ0) is 15.7. The second-order valence-electron chi connectivity index (χ2n) is 5.09. The molecule has 0 aliphatic carbocycles. The molecule has 0 atom stereocenters. The first-order valence-corrected chi connectivity index (χ1v) is 8.57. The fourth-order valence-electron chi connectivity index (χ4n) is 2.36. The Kier molecular flexibility index (Phi) is 4.13. The zero-order valence-corrected chi connectivity index (χ0v) is 14.3. The first kappa shape index (κ1) is 15.0. The van der Waals surface area contributed by atoms with Gasteiger partial charge in [0.1, 0.15) is 5.75 Å². The largest absolute Gasteiger partial charge is 0.496 e. The van der Waals surface area contributed by atoms with Crippen molar-refractivity contribution < 1.29 is 4.74 Å². The molecule has 0 saturated carbocycles. The summed E-state index contributed by atoms with van der Waals surface area (Å²) in [5, 5.41) is 3.71. The Balaban J connectivity index is 1.89. The van der Waals surface area contributed by atoms with E-state index in [1.165, 1.54) is 16.9 Å². The molecule has 0 amide bonds. The number of thiazole rings is 2.